The Balaban J connectivity index is 2.63. The molecule has 1 unspecified atom stereocenters. The number of carbonyl (C=O) groups is 1. The summed E-state index contributed by atoms with van der Waals surface area (Å²) in [6.45, 7) is 9.82. The Kier molecular flexibility index (Phi) is 6.30. The zero-order valence-electron chi connectivity index (χ0n) is 12.0. The number of nitrogens with one attached hydrogen (secondary N) is 1. The highest BCUT2D eigenvalue weighted by Crippen LogP contribution is 2.22. The van der Waals surface area contributed by atoms with Gasteiger partial charge in [0.25, 0.3) is 0 Å². The normalized spacial score (nSPS) is 12.7. The fraction of sp³-hybridized carbons (Fsp3) is 0.750. The van der Waals surface area contributed by atoms with E-state index in [-0.39, 0.29) is 11.2 Å². The van der Waals surface area contributed by atoms with Crippen LogP contribution in [0.5, 0.6) is 0 Å². The van der Waals surface area contributed by atoms with Crippen LogP contribution in [0, 0.1) is 5.92 Å². The third kappa shape index (κ3) is 4.50. The van der Waals surface area contributed by atoms with Gasteiger partial charge in [0.2, 0.25) is 5.91 Å². The molecule has 0 fully saturated rings. The van der Waals surface area contributed by atoms with Gasteiger partial charge in [0, 0.05) is 13.1 Å². The molecule has 1 aromatic rings. The van der Waals surface area contributed by atoms with Crippen molar-refractivity contribution in [2.24, 2.45) is 11.7 Å². The lowest BCUT2D eigenvalue weighted by Gasteiger charge is -2.13. The molecular formula is C12H23N5OS. The zero-order chi connectivity index (χ0) is 14.4. The highest BCUT2D eigenvalue weighted by atomic mass is 32.2. The highest BCUT2D eigenvalue weighted by Gasteiger charge is 2.19. The summed E-state index contributed by atoms with van der Waals surface area (Å²) in [5, 5.41) is 11.6. The highest BCUT2D eigenvalue weighted by molar-refractivity contribution is 8.00. The lowest BCUT2D eigenvalue weighted by molar-refractivity contribution is -0.120. The second-order valence-electron chi connectivity index (χ2n) is 4.75. The molecule has 108 valence electrons. The molecule has 0 saturated heterocycles. The first-order valence-electron chi connectivity index (χ1n) is 6.56. The van der Waals surface area contributed by atoms with E-state index < -0.39 is 0 Å². The quantitative estimate of drug-likeness (QED) is 0.730. The van der Waals surface area contributed by atoms with Gasteiger partial charge in [-0.25, -0.2) is 0 Å². The summed E-state index contributed by atoms with van der Waals surface area (Å²) in [6, 6.07) is 0. The van der Waals surface area contributed by atoms with Crippen molar-refractivity contribution in [3.8, 4) is 0 Å². The molecule has 0 saturated carbocycles. The SMILES string of the molecule is CCn1c(CN)nnc1SC(C)C(=O)NCC(C)C. The molecule has 0 radical (unpaired) electrons. The van der Waals surface area contributed by atoms with E-state index in [9.17, 15) is 4.79 Å². The molecular weight excluding hydrogens is 262 g/mol. The van der Waals surface area contributed by atoms with E-state index in [2.05, 4.69) is 29.4 Å². The van der Waals surface area contributed by atoms with Gasteiger partial charge >= 0.3 is 0 Å². The van der Waals surface area contributed by atoms with Crippen molar-refractivity contribution < 1.29 is 4.79 Å². The molecule has 7 heteroatoms. The maximum Gasteiger partial charge on any atom is 0.233 e. The summed E-state index contributed by atoms with van der Waals surface area (Å²) in [5.74, 6) is 1.22. The first-order valence-corrected chi connectivity index (χ1v) is 7.44. The number of amides is 1. The van der Waals surface area contributed by atoms with Crippen molar-refractivity contribution in [2.45, 2.75) is 51.2 Å². The Labute approximate surface area is 118 Å². The average molecular weight is 285 g/mol. The number of nitrogens with zero attached hydrogens (tertiary/aromatic N) is 3. The van der Waals surface area contributed by atoms with Crippen LogP contribution in [0.4, 0.5) is 0 Å². The molecule has 6 nitrogen and oxygen atoms in total. The minimum absolute atomic E-state index is 0.0265. The van der Waals surface area contributed by atoms with Crippen LogP contribution in [-0.4, -0.2) is 32.5 Å². The molecule has 1 atom stereocenters. The van der Waals surface area contributed by atoms with Gasteiger partial charge in [0.1, 0.15) is 5.82 Å². The van der Waals surface area contributed by atoms with Crippen LogP contribution in [0.2, 0.25) is 0 Å². The zero-order valence-corrected chi connectivity index (χ0v) is 12.8. The number of aromatic nitrogens is 3. The van der Waals surface area contributed by atoms with Crippen LogP contribution >= 0.6 is 11.8 Å². The van der Waals surface area contributed by atoms with Crippen LogP contribution in [0.1, 0.15) is 33.5 Å². The van der Waals surface area contributed by atoms with Gasteiger partial charge in [0.15, 0.2) is 5.16 Å². The van der Waals surface area contributed by atoms with Crippen molar-refractivity contribution in [3.05, 3.63) is 5.82 Å². The van der Waals surface area contributed by atoms with Gasteiger partial charge in [-0.15, -0.1) is 10.2 Å². The number of thioether (sulfide) groups is 1. The van der Waals surface area contributed by atoms with Gasteiger partial charge in [-0.3, -0.25) is 4.79 Å². The lowest BCUT2D eigenvalue weighted by Crippen LogP contribution is -2.33. The van der Waals surface area contributed by atoms with E-state index in [0.29, 0.717) is 19.0 Å². The van der Waals surface area contributed by atoms with E-state index in [1.165, 1.54) is 11.8 Å². The van der Waals surface area contributed by atoms with Crippen molar-refractivity contribution in [1.82, 2.24) is 20.1 Å². The monoisotopic (exact) mass is 285 g/mol. The Morgan fingerprint density at radius 3 is 2.63 bits per heavy atom. The Bertz CT molecular complexity index is 418. The predicted molar refractivity (Wildman–Crippen MR) is 76.8 cm³/mol. The molecule has 19 heavy (non-hydrogen) atoms. The van der Waals surface area contributed by atoms with Gasteiger partial charge < -0.3 is 15.6 Å². The molecule has 1 heterocycles. The van der Waals surface area contributed by atoms with Crippen LogP contribution in [0.15, 0.2) is 5.16 Å². The Hall–Kier alpha value is -1.08. The largest absolute Gasteiger partial charge is 0.355 e. The molecule has 3 N–H and O–H groups in total. The predicted octanol–water partition coefficient (Wildman–Crippen LogP) is 1.01. The summed E-state index contributed by atoms with van der Waals surface area (Å²) in [5.41, 5.74) is 5.60. The standard InChI is InChI=1S/C12H23N5OS/c1-5-17-10(6-13)15-16-12(17)19-9(4)11(18)14-7-8(2)3/h8-9H,5-7,13H2,1-4H3,(H,14,18). The van der Waals surface area contributed by atoms with E-state index in [1.54, 1.807) is 0 Å². The number of nitrogens with two attached hydrogens (primary N) is 1. The minimum atomic E-state index is -0.195. The van der Waals surface area contributed by atoms with Gasteiger partial charge in [0.05, 0.1) is 11.8 Å². The average Bonchev–Trinajstić information content (AvgIpc) is 2.77. The van der Waals surface area contributed by atoms with Crippen molar-refractivity contribution in [1.29, 1.82) is 0 Å². The van der Waals surface area contributed by atoms with E-state index >= 15 is 0 Å². The summed E-state index contributed by atoms with van der Waals surface area (Å²) >= 11 is 1.41. The second kappa shape index (κ2) is 7.49. The van der Waals surface area contributed by atoms with Gasteiger partial charge in [-0.1, -0.05) is 25.6 Å². The second-order valence-corrected chi connectivity index (χ2v) is 6.05. The Morgan fingerprint density at radius 2 is 2.11 bits per heavy atom. The molecule has 1 aromatic heterocycles. The van der Waals surface area contributed by atoms with Gasteiger partial charge in [-0.2, -0.15) is 0 Å². The molecule has 0 aliphatic rings. The fourth-order valence-electron chi connectivity index (χ4n) is 1.53. The third-order valence-corrected chi connectivity index (χ3v) is 3.71. The summed E-state index contributed by atoms with van der Waals surface area (Å²) in [7, 11) is 0. The summed E-state index contributed by atoms with van der Waals surface area (Å²) in [6.07, 6.45) is 0. The topological polar surface area (TPSA) is 85.8 Å². The molecule has 0 aliphatic carbocycles. The fourth-order valence-corrected chi connectivity index (χ4v) is 2.49. The number of rotatable bonds is 7. The van der Waals surface area contributed by atoms with E-state index in [1.807, 2.05) is 18.4 Å². The van der Waals surface area contributed by atoms with Crippen molar-refractivity contribution in [2.75, 3.05) is 6.54 Å². The maximum atomic E-state index is 11.9. The smallest absolute Gasteiger partial charge is 0.233 e. The Morgan fingerprint density at radius 1 is 1.42 bits per heavy atom. The maximum absolute atomic E-state index is 11.9. The molecule has 0 bridgehead atoms. The molecule has 1 amide bonds. The summed E-state index contributed by atoms with van der Waals surface area (Å²) < 4.78 is 1.94. The van der Waals surface area contributed by atoms with Crippen LogP contribution in [0.3, 0.4) is 0 Å². The number of hydrogen-bond acceptors (Lipinski definition) is 5. The van der Waals surface area contributed by atoms with Crippen LogP contribution in [0.25, 0.3) is 0 Å². The first kappa shape index (κ1) is 16.0. The van der Waals surface area contributed by atoms with Crippen LogP contribution < -0.4 is 11.1 Å². The molecule has 0 aromatic carbocycles. The number of hydrogen-bond donors (Lipinski definition) is 2. The summed E-state index contributed by atoms with van der Waals surface area (Å²) in [4.78, 5) is 11.9. The molecule has 0 spiro atoms. The van der Waals surface area contributed by atoms with E-state index in [4.69, 9.17) is 5.73 Å². The third-order valence-electron chi connectivity index (χ3n) is 2.63. The van der Waals surface area contributed by atoms with Crippen molar-refractivity contribution >= 4 is 17.7 Å². The molecule has 0 aliphatic heterocycles. The van der Waals surface area contributed by atoms with Crippen molar-refractivity contribution in [3.63, 3.8) is 0 Å². The van der Waals surface area contributed by atoms with E-state index in [0.717, 1.165) is 17.5 Å². The first-order chi connectivity index (χ1) is 8.99. The lowest BCUT2D eigenvalue weighted by atomic mass is 10.2. The number of carbonyl (C=O) groups excluding carboxylic acids is 1. The molecule has 1 rings (SSSR count). The van der Waals surface area contributed by atoms with Crippen LogP contribution in [-0.2, 0) is 17.9 Å². The minimum Gasteiger partial charge on any atom is -0.355 e. The van der Waals surface area contributed by atoms with Gasteiger partial charge in [-0.05, 0) is 19.8 Å².